The van der Waals surface area contributed by atoms with Crippen LogP contribution in [0.15, 0.2) is 24.3 Å². The molecular weight excluding hydrogens is 236 g/mol. The lowest BCUT2D eigenvalue weighted by atomic mass is 10.1. The summed E-state index contributed by atoms with van der Waals surface area (Å²) in [4.78, 5) is 0. The number of sulfonamides is 1. The maximum absolute atomic E-state index is 11.8. The molecule has 0 aromatic heterocycles. The Hall–Kier alpha value is -1.38. The molecule has 1 aliphatic rings. The summed E-state index contributed by atoms with van der Waals surface area (Å²) in [6, 6.07) is 8.85. The molecule has 4 nitrogen and oxygen atoms in total. The van der Waals surface area contributed by atoms with Gasteiger partial charge in [-0.15, -0.1) is 0 Å². The number of nitrogens with zero attached hydrogens (tertiary/aromatic N) is 1. The minimum atomic E-state index is -3.34. The van der Waals surface area contributed by atoms with Crippen molar-refractivity contribution in [1.29, 1.82) is 5.26 Å². The van der Waals surface area contributed by atoms with Gasteiger partial charge in [0.15, 0.2) is 0 Å². The van der Waals surface area contributed by atoms with E-state index in [1.54, 1.807) is 24.3 Å². The lowest BCUT2D eigenvalue weighted by molar-refractivity contribution is 0.577. The first-order valence-corrected chi connectivity index (χ1v) is 7.15. The van der Waals surface area contributed by atoms with E-state index < -0.39 is 10.0 Å². The third-order valence-corrected chi connectivity index (χ3v) is 4.28. The van der Waals surface area contributed by atoms with Crippen molar-refractivity contribution in [1.82, 2.24) is 4.72 Å². The predicted octanol–water partition coefficient (Wildman–Crippen LogP) is 1.39. The molecule has 0 amide bonds. The second-order valence-corrected chi connectivity index (χ2v) is 6.22. The van der Waals surface area contributed by atoms with Gasteiger partial charge < -0.3 is 0 Å². The van der Waals surface area contributed by atoms with Crippen LogP contribution >= 0.6 is 0 Å². The molecule has 1 N–H and O–H groups in total. The van der Waals surface area contributed by atoms with Gasteiger partial charge in [-0.1, -0.05) is 25.1 Å². The number of nitrogens with one attached hydrogen (secondary N) is 1. The van der Waals surface area contributed by atoms with Crippen LogP contribution in [0.3, 0.4) is 0 Å². The molecule has 1 saturated carbocycles. The topological polar surface area (TPSA) is 70.0 Å². The first-order chi connectivity index (χ1) is 8.02. The van der Waals surface area contributed by atoms with Crippen LogP contribution in [0.4, 0.5) is 0 Å². The standard InChI is InChI=1S/C12H14N2O2S/c1-9-6-12(9)14-17(15,16)8-11-5-3-2-4-10(11)7-13/h2-5,9,12,14H,6,8H2,1H3. The van der Waals surface area contributed by atoms with E-state index in [1.165, 1.54) is 0 Å². The lowest BCUT2D eigenvalue weighted by Crippen LogP contribution is -2.28. The average Bonchev–Trinajstić information content (AvgIpc) is 2.93. The molecule has 0 aliphatic heterocycles. The van der Waals surface area contributed by atoms with Crippen molar-refractivity contribution in [3.63, 3.8) is 0 Å². The van der Waals surface area contributed by atoms with Crippen molar-refractivity contribution in [2.45, 2.75) is 25.1 Å². The highest BCUT2D eigenvalue weighted by Gasteiger charge is 2.35. The number of hydrogen-bond donors (Lipinski definition) is 1. The van der Waals surface area contributed by atoms with Crippen LogP contribution in [-0.4, -0.2) is 14.5 Å². The number of benzene rings is 1. The summed E-state index contributed by atoms with van der Waals surface area (Å²) >= 11 is 0. The maximum Gasteiger partial charge on any atom is 0.216 e. The molecule has 1 fully saturated rings. The van der Waals surface area contributed by atoms with E-state index in [0.717, 1.165) is 6.42 Å². The van der Waals surface area contributed by atoms with Crippen LogP contribution in [0.1, 0.15) is 24.5 Å². The van der Waals surface area contributed by atoms with Crippen molar-refractivity contribution in [2.75, 3.05) is 0 Å². The van der Waals surface area contributed by atoms with E-state index in [1.807, 2.05) is 13.0 Å². The smallest absolute Gasteiger partial charge is 0.212 e. The van der Waals surface area contributed by atoms with E-state index in [9.17, 15) is 8.42 Å². The van der Waals surface area contributed by atoms with E-state index in [0.29, 0.717) is 17.0 Å². The van der Waals surface area contributed by atoms with Crippen molar-refractivity contribution in [3.05, 3.63) is 35.4 Å². The predicted molar refractivity (Wildman–Crippen MR) is 64.5 cm³/mol. The van der Waals surface area contributed by atoms with Gasteiger partial charge in [0, 0.05) is 6.04 Å². The summed E-state index contributed by atoms with van der Waals surface area (Å²) in [5.74, 6) is 0.302. The Morgan fingerprint density at radius 1 is 1.47 bits per heavy atom. The maximum atomic E-state index is 11.8. The van der Waals surface area contributed by atoms with Gasteiger partial charge in [0.05, 0.1) is 17.4 Å². The molecule has 0 saturated heterocycles. The fraction of sp³-hybridized carbons (Fsp3) is 0.417. The van der Waals surface area contributed by atoms with Gasteiger partial charge in [0.25, 0.3) is 0 Å². The van der Waals surface area contributed by atoms with Crippen LogP contribution in [-0.2, 0) is 15.8 Å². The second kappa shape index (κ2) is 4.47. The van der Waals surface area contributed by atoms with Gasteiger partial charge in [0.1, 0.15) is 0 Å². The summed E-state index contributed by atoms with van der Waals surface area (Å²) in [6.07, 6.45) is 0.902. The van der Waals surface area contributed by atoms with Gasteiger partial charge in [-0.2, -0.15) is 5.26 Å². The zero-order chi connectivity index (χ0) is 12.5. The molecule has 0 bridgehead atoms. The monoisotopic (exact) mass is 250 g/mol. The molecule has 1 aromatic rings. The third kappa shape index (κ3) is 3.05. The number of nitriles is 1. The van der Waals surface area contributed by atoms with Gasteiger partial charge in [0.2, 0.25) is 10.0 Å². The van der Waals surface area contributed by atoms with Gasteiger partial charge in [-0.3, -0.25) is 0 Å². The van der Waals surface area contributed by atoms with E-state index >= 15 is 0 Å². The molecule has 2 rings (SSSR count). The Labute approximate surface area is 101 Å². The molecule has 5 heteroatoms. The highest BCUT2D eigenvalue weighted by atomic mass is 32.2. The second-order valence-electron chi connectivity index (χ2n) is 4.47. The van der Waals surface area contributed by atoms with Gasteiger partial charge in [-0.05, 0) is 24.0 Å². The highest BCUT2D eigenvalue weighted by molar-refractivity contribution is 7.88. The van der Waals surface area contributed by atoms with E-state index in [-0.39, 0.29) is 11.8 Å². The lowest BCUT2D eigenvalue weighted by Gasteiger charge is -2.07. The molecule has 1 aromatic carbocycles. The normalized spacial score (nSPS) is 23.1. The average molecular weight is 250 g/mol. The largest absolute Gasteiger partial charge is 0.216 e. The Kier molecular flexibility index (Phi) is 3.18. The molecule has 2 unspecified atom stereocenters. The Morgan fingerprint density at radius 2 is 2.12 bits per heavy atom. The van der Waals surface area contributed by atoms with Crippen molar-refractivity contribution >= 4 is 10.0 Å². The SMILES string of the molecule is CC1CC1NS(=O)(=O)Cc1ccccc1C#N. The molecule has 0 radical (unpaired) electrons. The summed E-state index contributed by atoms with van der Waals surface area (Å²) in [5.41, 5.74) is 0.970. The quantitative estimate of drug-likeness (QED) is 0.877. The van der Waals surface area contributed by atoms with Crippen molar-refractivity contribution < 1.29 is 8.42 Å². The summed E-state index contributed by atoms with van der Waals surface area (Å²) in [6.45, 7) is 2.01. The number of hydrogen-bond acceptors (Lipinski definition) is 3. The molecule has 0 heterocycles. The van der Waals surface area contributed by atoms with E-state index in [2.05, 4.69) is 4.72 Å². The summed E-state index contributed by atoms with van der Waals surface area (Å²) in [5, 5.41) is 8.89. The summed E-state index contributed by atoms with van der Waals surface area (Å²) in [7, 11) is -3.34. The summed E-state index contributed by atoms with van der Waals surface area (Å²) < 4.78 is 26.3. The van der Waals surface area contributed by atoms with Gasteiger partial charge >= 0.3 is 0 Å². The number of rotatable bonds is 4. The Balaban J connectivity index is 2.12. The minimum Gasteiger partial charge on any atom is -0.212 e. The van der Waals surface area contributed by atoms with E-state index in [4.69, 9.17) is 5.26 Å². The Bertz CT molecular complexity index is 560. The van der Waals surface area contributed by atoms with Crippen LogP contribution in [0.5, 0.6) is 0 Å². The molecule has 1 aliphatic carbocycles. The molecular formula is C12H14N2O2S. The minimum absolute atomic E-state index is 0.0780. The third-order valence-electron chi connectivity index (χ3n) is 2.92. The fourth-order valence-corrected chi connectivity index (χ4v) is 3.25. The molecule has 17 heavy (non-hydrogen) atoms. The zero-order valence-corrected chi connectivity index (χ0v) is 10.4. The first-order valence-electron chi connectivity index (χ1n) is 5.50. The van der Waals surface area contributed by atoms with Crippen LogP contribution in [0.2, 0.25) is 0 Å². The van der Waals surface area contributed by atoms with Gasteiger partial charge in [-0.25, -0.2) is 13.1 Å². The van der Waals surface area contributed by atoms with Crippen molar-refractivity contribution in [2.24, 2.45) is 5.92 Å². The first kappa shape index (κ1) is 12.1. The molecule has 90 valence electrons. The van der Waals surface area contributed by atoms with Crippen LogP contribution in [0, 0.1) is 17.2 Å². The van der Waals surface area contributed by atoms with Crippen molar-refractivity contribution in [3.8, 4) is 6.07 Å². The molecule has 2 atom stereocenters. The Morgan fingerprint density at radius 3 is 2.71 bits per heavy atom. The highest BCUT2D eigenvalue weighted by Crippen LogP contribution is 2.30. The van der Waals surface area contributed by atoms with Crippen LogP contribution in [0.25, 0.3) is 0 Å². The zero-order valence-electron chi connectivity index (χ0n) is 9.55. The fourth-order valence-electron chi connectivity index (χ4n) is 1.72. The van der Waals surface area contributed by atoms with Crippen LogP contribution < -0.4 is 4.72 Å². The molecule has 0 spiro atoms.